The van der Waals surface area contributed by atoms with Crippen LogP contribution in [0.5, 0.6) is 0 Å². The molecule has 0 saturated heterocycles. The highest BCUT2D eigenvalue weighted by Crippen LogP contribution is 2.27. The summed E-state index contributed by atoms with van der Waals surface area (Å²) < 4.78 is 13.1. The molecule has 1 N–H and O–H groups in total. The van der Waals surface area contributed by atoms with Crippen LogP contribution in [0.4, 0.5) is 4.39 Å². The second kappa shape index (κ2) is 3.42. The number of rotatable bonds is 1. The zero-order valence-corrected chi connectivity index (χ0v) is 7.88. The van der Waals surface area contributed by atoms with E-state index in [1.54, 1.807) is 12.3 Å². The zero-order valence-electron chi connectivity index (χ0n) is 7.13. The number of aldehydes is 1. The molecule has 0 aliphatic carbocycles. The Balaban J connectivity index is 2.59. The molecule has 72 valence electrons. The molecule has 0 bridgehead atoms. The number of nitrogens with one attached hydrogen (secondary N) is 1. The fourth-order valence-electron chi connectivity index (χ4n) is 1.44. The highest BCUT2D eigenvalue weighted by molar-refractivity contribution is 6.30. The largest absolute Gasteiger partial charge is 0.378 e. The van der Waals surface area contributed by atoms with Crippen LogP contribution in [0.2, 0.25) is 5.02 Å². The third-order valence-electron chi connectivity index (χ3n) is 2.14. The molecule has 0 radical (unpaired) electrons. The summed E-state index contributed by atoms with van der Waals surface area (Å²) in [5.41, 5.74) is 1.39. The van der Waals surface area contributed by atoms with E-state index < -0.39 is 11.9 Å². The van der Waals surface area contributed by atoms with E-state index in [0.29, 0.717) is 11.1 Å². The summed E-state index contributed by atoms with van der Waals surface area (Å²) in [6.07, 6.45) is 4.08. The fourth-order valence-corrected chi connectivity index (χ4v) is 1.61. The van der Waals surface area contributed by atoms with Gasteiger partial charge in [-0.25, -0.2) is 4.39 Å². The van der Waals surface area contributed by atoms with Gasteiger partial charge >= 0.3 is 0 Å². The van der Waals surface area contributed by atoms with Gasteiger partial charge in [-0.3, -0.25) is 0 Å². The molecule has 4 heteroatoms. The first-order chi connectivity index (χ1) is 6.72. The Morgan fingerprint density at radius 1 is 1.50 bits per heavy atom. The maximum Gasteiger partial charge on any atom is 0.146 e. The molecule has 0 saturated carbocycles. The molecule has 1 aliphatic rings. The molecular weight excluding hydrogens is 205 g/mol. The van der Waals surface area contributed by atoms with Crippen LogP contribution in [-0.4, -0.2) is 6.29 Å². The number of benzene rings is 1. The van der Waals surface area contributed by atoms with Gasteiger partial charge in [-0.15, -0.1) is 0 Å². The average molecular weight is 212 g/mol. The number of halogens is 2. The van der Waals surface area contributed by atoms with Crippen LogP contribution in [0.3, 0.4) is 0 Å². The molecule has 1 atom stereocenters. The van der Waals surface area contributed by atoms with Crippen LogP contribution in [-0.2, 0) is 4.79 Å². The predicted molar refractivity (Wildman–Crippen MR) is 52.4 cm³/mol. The molecule has 1 aromatic carbocycles. The van der Waals surface area contributed by atoms with Gasteiger partial charge in [0.2, 0.25) is 0 Å². The number of carbonyl (C=O) groups is 1. The minimum absolute atomic E-state index is 0.0349. The van der Waals surface area contributed by atoms with Crippen LogP contribution >= 0.6 is 11.6 Å². The van der Waals surface area contributed by atoms with Gasteiger partial charge in [0.1, 0.15) is 18.1 Å². The lowest BCUT2D eigenvalue weighted by atomic mass is 9.98. The van der Waals surface area contributed by atoms with Crippen molar-refractivity contribution in [2.75, 3.05) is 0 Å². The van der Waals surface area contributed by atoms with Crippen molar-refractivity contribution >= 4 is 24.0 Å². The maximum absolute atomic E-state index is 13.1. The molecule has 1 heterocycles. The molecular formula is C10H7ClFNO. The second-order valence-electron chi connectivity index (χ2n) is 3.01. The lowest BCUT2D eigenvalue weighted by molar-refractivity contribution is -0.109. The van der Waals surface area contributed by atoms with E-state index in [0.717, 1.165) is 6.29 Å². The first-order valence-electron chi connectivity index (χ1n) is 4.09. The van der Waals surface area contributed by atoms with E-state index in [9.17, 15) is 9.18 Å². The molecule has 2 rings (SSSR count). The van der Waals surface area contributed by atoms with Crippen LogP contribution in [0.1, 0.15) is 17.2 Å². The molecule has 1 aromatic rings. The van der Waals surface area contributed by atoms with E-state index in [1.807, 2.05) is 0 Å². The third kappa shape index (κ3) is 1.40. The van der Waals surface area contributed by atoms with Gasteiger partial charge < -0.3 is 10.1 Å². The van der Waals surface area contributed by atoms with Crippen molar-refractivity contribution in [1.29, 1.82) is 0 Å². The Hall–Kier alpha value is -1.35. The topological polar surface area (TPSA) is 29.1 Å². The lowest BCUT2D eigenvalue weighted by Gasteiger charge is -2.18. The molecule has 1 aliphatic heterocycles. The number of hydrogen-bond donors (Lipinski definition) is 1. The van der Waals surface area contributed by atoms with Gasteiger partial charge in [-0.2, -0.15) is 0 Å². The van der Waals surface area contributed by atoms with Crippen molar-refractivity contribution in [1.82, 2.24) is 5.32 Å². The summed E-state index contributed by atoms with van der Waals surface area (Å²) in [6.45, 7) is 0. The van der Waals surface area contributed by atoms with Crippen molar-refractivity contribution in [3.8, 4) is 0 Å². The van der Waals surface area contributed by atoms with Crippen molar-refractivity contribution in [2.45, 2.75) is 6.04 Å². The fraction of sp³-hybridized carbons (Fsp3) is 0.100. The summed E-state index contributed by atoms with van der Waals surface area (Å²) in [4.78, 5) is 10.7. The monoisotopic (exact) mass is 211 g/mol. The van der Waals surface area contributed by atoms with E-state index in [-0.39, 0.29) is 5.02 Å². The highest BCUT2D eigenvalue weighted by atomic mass is 35.5. The van der Waals surface area contributed by atoms with Crippen LogP contribution < -0.4 is 5.32 Å². The summed E-state index contributed by atoms with van der Waals surface area (Å²) >= 11 is 5.63. The van der Waals surface area contributed by atoms with Crippen LogP contribution in [0.15, 0.2) is 18.3 Å². The van der Waals surface area contributed by atoms with Crippen LogP contribution in [0, 0.1) is 5.82 Å². The Morgan fingerprint density at radius 3 is 3.00 bits per heavy atom. The Labute approximate surface area is 85.4 Å². The van der Waals surface area contributed by atoms with E-state index in [4.69, 9.17) is 11.6 Å². The average Bonchev–Trinajstić information content (AvgIpc) is 2.19. The minimum atomic E-state index is -0.471. The minimum Gasteiger partial charge on any atom is -0.378 e. The quantitative estimate of drug-likeness (QED) is 0.723. The Bertz CT molecular complexity index is 417. The first kappa shape index (κ1) is 9.21. The number of carbonyl (C=O) groups excluding carboxylic acids is 1. The summed E-state index contributed by atoms with van der Waals surface area (Å²) in [5.74, 6) is -0.471. The van der Waals surface area contributed by atoms with Gasteiger partial charge in [-0.05, 0) is 35.5 Å². The summed E-state index contributed by atoms with van der Waals surface area (Å²) in [6, 6.07) is 2.36. The lowest BCUT2D eigenvalue weighted by Crippen LogP contribution is -2.20. The van der Waals surface area contributed by atoms with Gasteiger partial charge in [0.25, 0.3) is 0 Å². The van der Waals surface area contributed by atoms with Crippen molar-refractivity contribution in [3.05, 3.63) is 40.3 Å². The zero-order chi connectivity index (χ0) is 10.1. The predicted octanol–water partition coefficient (Wildman–Crippen LogP) is 2.29. The van der Waals surface area contributed by atoms with E-state index in [1.165, 1.54) is 12.1 Å². The van der Waals surface area contributed by atoms with E-state index in [2.05, 4.69) is 5.32 Å². The van der Waals surface area contributed by atoms with Gasteiger partial charge in [-0.1, -0.05) is 11.6 Å². The highest BCUT2D eigenvalue weighted by Gasteiger charge is 2.17. The molecule has 0 fully saturated rings. The third-order valence-corrected chi connectivity index (χ3v) is 2.43. The van der Waals surface area contributed by atoms with Crippen LogP contribution in [0.25, 0.3) is 6.08 Å². The summed E-state index contributed by atoms with van der Waals surface area (Å²) in [7, 11) is 0. The summed E-state index contributed by atoms with van der Waals surface area (Å²) in [5, 5.41) is 2.88. The molecule has 14 heavy (non-hydrogen) atoms. The van der Waals surface area contributed by atoms with Gasteiger partial charge in [0.05, 0.1) is 5.02 Å². The van der Waals surface area contributed by atoms with Crippen molar-refractivity contribution in [3.63, 3.8) is 0 Å². The molecule has 2 nitrogen and oxygen atoms in total. The van der Waals surface area contributed by atoms with Gasteiger partial charge in [0.15, 0.2) is 0 Å². The Kier molecular flexibility index (Phi) is 2.25. The Morgan fingerprint density at radius 2 is 2.29 bits per heavy atom. The van der Waals surface area contributed by atoms with Crippen molar-refractivity contribution in [2.24, 2.45) is 0 Å². The smallest absolute Gasteiger partial charge is 0.146 e. The van der Waals surface area contributed by atoms with Crippen molar-refractivity contribution < 1.29 is 9.18 Å². The van der Waals surface area contributed by atoms with E-state index >= 15 is 0 Å². The SMILES string of the molecule is O=CC1NC=Cc2cc(F)c(Cl)cc21. The molecule has 1 unspecified atom stereocenters. The number of fused-ring (bicyclic) bond motifs is 1. The molecule has 0 spiro atoms. The maximum atomic E-state index is 13.1. The standard InChI is InChI=1S/C10H7ClFNO/c11-8-4-7-6(3-9(8)12)1-2-13-10(7)5-14/h1-5,10,13H. The van der Waals surface area contributed by atoms with Gasteiger partial charge in [0, 0.05) is 0 Å². The normalized spacial score (nSPS) is 18.6. The second-order valence-corrected chi connectivity index (χ2v) is 3.42. The molecule has 0 amide bonds. The first-order valence-corrected chi connectivity index (χ1v) is 4.47. The number of hydrogen-bond acceptors (Lipinski definition) is 2. The molecule has 0 aromatic heterocycles.